The molecule has 31 heavy (non-hydrogen) atoms. The first-order valence-electron chi connectivity index (χ1n) is 9.60. The lowest BCUT2D eigenvalue weighted by atomic mass is 9.81. The molecule has 3 rings (SSSR count). The lowest BCUT2D eigenvalue weighted by Gasteiger charge is -2.24. The Morgan fingerprint density at radius 3 is 2.39 bits per heavy atom. The van der Waals surface area contributed by atoms with Crippen LogP contribution in [0.3, 0.4) is 0 Å². The molecule has 1 N–H and O–H groups in total. The van der Waals surface area contributed by atoms with Gasteiger partial charge in [0.25, 0.3) is 10.1 Å². The third-order valence-corrected chi connectivity index (χ3v) is 6.34. The minimum Gasteiger partial charge on any atom is -0.361 e. The Kier molecular flexibility index (Phi) is 7.08. The van der Waals surface area contributed by atoms with Gasteiger partial charge in [-0.25, -0.2) is 0 Å². The molecule has 0 aliphatic carbocycles. The first kappa shape index (κ1) is 23.7. The SMILES string of the molecule is CSCc1cccc2c(C(c3ccc(C(F)(F)F)cc3)C(C)COS(C)(=O)=O)c[nH]c12. The Balaban J connectivity index is 2.08. The van der Waals surface area contributed by atoms with Gasteiger partial charge in [0.15, 0.2) is 0 Å². The van der Waals surface area contributed by atoms with Crippen molar-refractivity contribution in [2.45, 2.75) is 24.8 Å². The van der Waals surface area contributed by atoms with Crippen LogP contribution in [0.2, 0.25) is 0 Å². The van der Waals surface area contributed by atoms with Crippen LogP contribution in [0.1, 0.15) is 35.1 Å². The van der Waals surface area contributed by atoms with Crippen molar-refractivity contribution < 1.29 is 25.8 Å². The highest BCUT2D eigenvalue weighted by molar-refractivity contribution is 7.97. The normalized spacial score (nSPS) is 14.6. The number of halogens is 3. The minimum absolute atomic E-state index is 0.0816. The van der Waals surface area contributed by atoms with E-state index in [0.717, 1.165) is 46.2 Å². The summed E-state index contributed by atoms with van der Waals surface area (Å²) in [6.07, 6.45) is 0.422. The quantitative estimate of drug-likeness (QED) is 0.422. The van der Waals surface area contributed by atoms with Crippen LogP contribution in [0.25, 0.3) is 10.9 Å². The highest BCUT2D eigenvalue weighted by Crippen LogP contribution is 2.39. The van der Waals surface area contributed by atoms with Crippen molar-refractivity contribution in [3.63, 3.8) is 0 Å². The smallest absolute Gasteiger partial charge is 0.361 e. The van der Waals surface area contributed by atoms with Gasteiger partial charge in [0.1, 0.15) is 0 Å². The summed E-state index contributed by atoms with van der Waals surface area (Å²) in [7, 11) is -3.65. The predicted molar refractivity (Wildman–Crippen MR) is 119 cm³/mol. The maximum atomic E-state index is 13.0. The van der Waals surface area contributed by atoms with Crippen molar-refractivity contribution in [1.82, 2.24) is 4.98 Å². The molecule has 1 aromatic heterocycles. The van der Waals surface area contributed by atoms with Gasteiger partial charge >= 0.3 is 6.18 Å². The molecule has 2 unspecified atom stereocenters. The number of para-hydroxylation sites is 1. The molecule has 0 bridgehead atoms. The number of benzene rings is 2. The van der Waals surface area contributed by atoms with Crippen molar-refractivity contribution in [3.8, 4) is 0 Å². The van der Waals surface area contributed by atoms with E-state index < -0.39 is 21.9 Å². The van der Waals surface area contributed by atoms with Crippen LogP contribution in [-0.2, 0) is 26.2 Å². The average Bonchev–Trinajstić information content (AvgIpc) is 3.11. The summed E-state index contributed by atoms with van der Waals surface area (Å²) >= 11 is 1.69. The van der Waals surface area contributed by atoms with E-state index in [1.807, 2.05) is 37.6 Å². The fourth-order valence-electron chi connectivity index (χ4n) is 3.79. The van der Waals surface area contributed by atoms with E-state index in [1.54, 1.807) is 11.8 Å². The number of alkyl halides is 3. The number of rotatable bonds is 8. The van der Waals surface area contributed by atoms with Crippen LogP contribution in [-0.4, -0.2) is 32.5 Å². The maximum absolute atomic E-state index is 13.0. The summed E-state index contributed by atoms with van der Waals surface area (Å²) in [5, 5.41) is 0.961. The van der Waals surface area contributed by atoms with Gasteiger partial charge in [-0.3, -0.25) is 4.18 Å². The Morgan fingerprint density at radius 2 is 1.81 bits per heavy atom. The lowest BCUT2D eigenvalue weighted by Crippen LogP contribution is -2.19. The topological polar surface area (TPSA) is 59.2 Å². The standard InChI is InChI=1S/C22H24F3NO3S2/c1-14(12-29-31(3,27)28)20(15-7-9-17(10-8-15)22(23,24)25)19-11-26-21-16(13-30-2)5-4-6-18(19)21/h4-11,14,20,26H,12-13H2,1-3H3. The fraction of sp³-hybridized carbons (Fsp3) is 0.364. The van der Waals surface area contributed by atoms with Crippen LogP contribution in [0, 0.1) is 5.92 Å². The molecule has 0 aliphatic rings. The van der Waals surface area contributed by atoms with Crippen molar-refractivity contribution in [2.24, 2.45) is 5.92 Å². The number of thioether (sulfide) groups is 1. The largest absolute Gasteiger partial charge is 0.416 e. The summed E-state index contributed by atoms with van der Waals surface area (Å²) < 4.78 is 67.2. The van der Waals surface area contributed by atoms with Gasteiger partial charge in [-0.2, -0.15) is 33.4 Å². The van der Waals surface area contributed by atoms with Crippen LogP contribution >= 0.6 is 11.8 Å². The molecule has 168 valence electrons. The van der Waals surface area contributed by atoms with Gasteiger partial charge in [-0.15, -0.1) is 0 Å². The van der Waals surface area contributed by atoms with Gasteiger partial charge in [0, 0.05) is 28.8 Å². The molecule has 0 spiro atoms. The monoisotopic (exact) mass is 471 g/mol. The maximum Gasteiger partial charge on any atom is 0.416 e. The average molecular weight is 472 g/mol. The van der Waals surface area contributed by atoms with Gasteiger partial charge in [-0.1, -0.05) is 37.3 Å². The predicted octanol–water partition coefficient (Wildman–Crippen LogP) is 5.79. The van der Waals surface area contributed by atoms with Crippen LogP contribution < -0.4 is 0 Å². The van der Waals surface area contributed by atoms with Crippen LogP contribution in [0.15, 0.2) is 48.7 Å². The van der Waals surface area contributed by atoms with E-state index in [2.05, 4.69) is 4.98 Å². The highest BCUT2D eigenvalue weighted by atomic mass is 32.2. The van der Waals surface area contributed by atoms with E-state index in [9.17, 15) is 21.6 Å². The Hall–Kier alpha value is -1.97. The minimum atomic E-state index is -4.42. The molecule has 0 saturated carbocycles. The number of nitrogens with one attached hydrogen (secondary N) is 1. The van der Waals surface area contributed by atoms with E-state index in [4.69, 9.17) is 4.18 Å². The van der Waals surface area contributed by atoms with Crippen molar-refractivity contribution in [2.75, 3.05) is 19.1 Å². The zero-order valence-corrected chi connectivity index (χ0v) is 19.0. The molecule has 1 heterocycles. The molecule has 0 amide bonds. The summed E-state index contributed by atoms with van der Waals surface area (Å²) in [5.74, 6) is 0.145. The number of hydrogen-bond donors (Lipinski definition) is 1. The Morgan fingerprint density at radius 1 is 1.13 bits per heavy atom. The van der Waals surface area contributed by atoms with Gasteiger partial charge in [-0.05, 0) is 41.0 Å². The molecule has 0 aliphatic heterocycles. The second kappa shape index (κ2) is 9.26. The van der Waals surface area contributed by atoms with E-state index in [0.29, 0.717) is 5.56 Å². The molecule has 0 fully saturated rings. The van der Waals surface area contributed by atoms with E-state index in [-0.39, 0.29) is 18.4 Å². The molecule has 3 aromatic rings. The zero-order valence-electron chi connectivity index (χ0n) is 17.4. The lowest BCUT2D eigenvalue weighted by molar-refractivity contribution is -0.137. The van der Waals surface area contributed by atoms with Crippen LogP contribution in [0.4, 0.5) is 13.2 Å². The van der Waals surface area contributed by atoms with Crippen molar-refractivity contribution in [1.29, 1.82) is 0 Å². The first-order chi connectivity index (χ1) is 14.5. The second-order valence-electron chi connectivity index (χ2n) is 7.58. The zero-order chi connectivity index (χ0) is 22.8. The van der Waals surface area contributed by atoms with Gasteiger partial charge in [0.05, 0.1) is 18.4 Å². The number of aromatic amines is 1. The summed E-state index contributed by atoms with van der Waals surface area (Å²) in [4.78, 5) is 3.30. The summed E-state index contributed by atoms with van der Waals surface area (Å²) in [6.45, 7) is 1.75. The number of hydrogen-bond acceptors (Lipinski definition) is 4. The third kappa shape index (κ3) is 5.64. The van der Waals surface area contributed by atoms with Gasteiger partial charge in [0.2, 0.25) is 0 Å². The third-order valence-electron chi connectivity index (χ3n) is 5.18. The molecule has 2 aromatic carbocycles. The Labute approximate surface area is 184 Å². The molecule has 4 nitrogen and oxygen atoms in total. The summed E-state index contributed by atoms with van der Waals surface area (Å²) in [6, 6.07) is 11.0. The van der Waals surface area contributed by atoms with Crippen molar-refractivity contribution in [3.05, 3.63) is 70.9 Å². The molecule has 0 saturated heterocycles. The number of fused-ring (bicyclic) bond motifs is 1. The number of H-pyrrole nitrogens is 1. The molecular formula is C22H24F3NO3S2. The van der Waals surface area contributed by atoms with Gasteiger partial charge < -0.3 is 4.98 Å². The van der Waals surface area contributed by atoms with Crippen LogP contribution in [0.5, 0.6) is 0 Å². The summed E-state index contributed by atoms with van der Waals surface area (Å²) in [5.41, 5.74) is 2.93. The molecular weight excluding hydrogens is 447 g/mol. The highest BCUT2D eigenvalue weighted by Gasteiger charge is 2.31. The molecule has 9 heteroatoms. The van der Waals surface area contributed by atoms with E-state index >= 15 is 0 Å². The Bertz CT molecular complexity index is 1140. The van der Waals surface area contributed by atoms with Crippen molar-refractivity contribution >= 4 is 32.8 Å². The fourth-order valence-corrected chi connectivity index (χ4v) is 4.81. The second-order valence-corrected chi connectivity index (χ2v) is 10.1. The number of aromatic nitrogens is 1. The van der Waals surface area contributed by atoms with E-state index in [1.165, 1.54) is 12.1 Å². The molecule has 2 atom stereocenters. The first-order valence-corrected chi connectivity index (χ1v) is 12.8. The molecule has 0 radical (unpaired) electrons.